The molecule has 41 heavy (non-hydrogen) atoms. The van der Waals surface area contributed by atoms with Crippen LogP contribution in [0.25, 0.3) is 17.4 Å². The van der Waals surface area contributed by atoms with Crippen molar-refractivity contribution in [1.82, 2.24) is 4.57 Å². The molecule has 3 heterocycles. The highest BCUT2D eigenvalue weighted by atomic mass is 35.5. The molecule has 0 aliphatic carbocycles. The van der Waals surface area contributed by atoms with E-state index in [0.29, 0.717) is 53.5 Å². The van der Waals surface area contributed by atoms with Gasteiger partial charge in [-0.15, -0.1) is 0 Å². The molecule has 0 saturated carbocycles. The Morgan fingerprint density at radius 2 is 1.90 bits per heavy atom. The summed E-state index contributed by atoms with van der Waals surface area (Å²) in [5, 5.41) is 0.982. The quantitative estimate of drug-likeness (QED) is 0.157. The van der Waals surface area contributed by atoms with Crippen LogP contribution in [0.4, 0.5) is 0 Å². The van der Waals surface area contributed by atoms with E-state index in [2.05, 4.69) is 11.6 Å². The Morgan fingerprint density at radius 1 is 1.15 bits per heavy atom. The molecule has 208 valence electrons. The van der Waals surface area contributed by atoms with Crippen molar-refractivity contribution in [3.05, 3.63) is 120 Å². The van der Waals surface area contributed by atoms with Crippen molar-refractivity contribution in [3.63, 3.8) is 0 Å². The van der Waals surface area contributed by atoms with Gasteiger partial charge >= 0.3 is 11.9 Å². The molecule has 0 N–H and O–H groups in total. The van der Waals surface area contributed by atoms with Crippen LogP contribution in [-0.2, 0) is 14.3 Å². The van der Waals surface area contributed by atoms with E-state index in [4.69, 9.17) is 37.1 Å². The van der Waals surface area contributed by atoms with Gasteiger partial charge in [0.15, 0.2) is 4.80 Å². The average molecular weight is 609 g/mol. The Hall–Kier alpha value is -4.18. The van der Waals surface area contributed by atoms with E-state index < -0.39 is 18.0 Å². The number of furan rings is 1. The zero-order valence-electron chi connectivity index (χ0n) is 21.9. The molecule has 4 aromatic rings. The van der Waals surface area contributed by atoms with Crippen LogP contribution in [0.1, 0.15) is 31.2 Å². The molecule has 2 aromatic carbocycles. The maximum Gasteiger partial charge on any atom is 0.338 e. The van der Waals surface area contributed by atoms with Gasteiger partial charge in [0.05, 0.1) is 26.9 Å². The number of nitrogens with zero attached hydrogens (tertiary/aromatic N) is 2. The number of thiazole rings is 1. The molecule has 0 radical (unpaired) electrons. The van der Waals surface area contributed by atoms with Gasteiger partial charge in [-0.1, -0.05) is 59.3 Å². The third-order valence-corrected chi connectivity index (χ3v) is 7.67. The first-order valence-corrected chi connectivity index (χ1v) is 13.9. The highest BCUT2D eigenvalue weighted by molar-refractivity contribution is 7.07. The van der Waals surface area contributed by atoms with Crippen molar-refractivity contribution in [2.75, 3.05) is 6.61 Å². The van der Waals surface area contributed by atoms with E-state index in [-0.39, 0.29) is 17.7 Å². The molecular weight excluding hydrogens is 587 g/mol. The summed E-state index contributed by atoms with van der Waals surface area (Å²) in [6, 6.07) is 14.3. The fourth-order valence-electron chi connectivity index (χ4n) is 4.39. The third kappa shape index (κ3) is 5.83. The van der Waals surface area contributed by atoms with Gasteiger partial charge in [0.25, 0.3) is 5.56 Å². The number of aromatic nitrogens is 1. The topological polar surface area (TPSA) is 100 Å². The minimum Gasteiger partial charge on any atom is -0.458 e. The van der Waals surface area contributed by atoms with Crippen LogP contribution in [0.5, 0.6) is 5.75 Å². The van der Waals surface area contributed by atoms with E-state index in [0.717, 1.165) is 11.3 Å². The molecule has 1 aliphatic rings. The highest BCUT2D eigenvalue weighted by Crippen LogP contribution is 2.33. The lowest BCUT2D eigenvalue weighted by molar-refractivity contribution is -0.138. The number of fused-ring (bicyclic) bond motifs is 1. The van der Waals surface area contributed by atoms with Crippen molar-refractivity contribution in [2.24, 2.45) is 4.99 Å². The van der Waals surface area contributed by atoms with E-state index in [1.54, 1.807) is 67.6 Å². The van der Waals surface area contributed by atoms with E-state index in [1.807, 2.05) is 0 Å². The molecule has 2 aromatic heterocycles. The molecule has 1 atom stereocenters. The lowest BCUT2D eigenvalue weighted by atomic mass is 9.96. The maximum absolute atomic E-state index is 13.8. The Morgan fingerprint density at radius 3 is 2.61 bits per heavy atom. The first kappa shape index (κ1) is 28.4. The number of halogens is 2. The first-order chi connectivity index (χ1) is 19.7. The number of ether oxygens (including phenoxy) is 2. The van der Waals surface area contributed by atoms with Gasteiger partial charge in [0.2, 0.25) is 0 Å². The second kappa shape index (κ2) is 11.7. The van der Waals surface area contributed by atoms with Gasteiger partial charge in [-0.05, 0) is 55.0 Å². The molecule has 5 rings (SSSR count). The summed E-state index contributed by atoms with van der Waals surface area (Å²) in [5.41, 5.74) is 1.47. The van der Waals surface area contributed by atoms with Crippen LogP contribution in [-0.4, -0.2) is 23.1 Å². The summed E-state index contributed by atoms with van der Waals surface area (Å²) in [5.74, 6) is 0.159. The highest BCUT2D eigenvalue weighted by Gasteiger charge is 2.33. The minimum atomic E-state index is -0.838. The van der Waals surface area contributed by atoms with Crippen LogP contribution in [0.15, 0.2) is 92.7 Å². The van der Waals surface area contributed by atoms with Crippen LogP contribution < -0.4 is 19.6 Å². The van der Waals surface area contributed by atoms with E-state index in [1.165, 1.54) is 17.6 Å². The van der Waals surface area contributed by atoms with Crippen LogP contribution >= 0.6 is 34.5 Å². The SMILES string of the molecule is C=CCOC(=O)C1=C(C)N=c2s/c(=C\c3ccc(-c4cc(Cl)ccc4Cl)o3)c(=O)n2[C@@H]1c1ccc(OC(C)=O)cc1. The van der Waals surface area contributed by atoms with Gasteiger partial charge in [0.1, 0.15) is 23.9 Å². The summed E-state index contributed by atoms with van der Waals surface area (Å²) in [7, 11) is 0. The first-order valence-electron chi connectivity index (χ1n) is 12.3. The van der Waals surface area contributed by atoms with Gasteiger partial charge in [0, 0.05) is 23.6 Å². The standard InChI is InChI=1S/C30H22Cl2N2O6S/c1-4-13-38-29(37)26-16(2)33-30-34(27(26)18-5-8-20(9-6-18)39-17(3)35)28(36)25(41-30)15-21-10-12-24(40-21)22-14-19(31)7-11-23(22)32/h4-12,14-15,27H,1,13H2,2-3H3/b25-15-/t27-/m1/s1. The summed E-state index contributed by atoms with van der Waals surface area (Å²) < 4.78 is 18.3. The van der Waals surface area contributed by atoms with E-state index in [9.17, 15) is 14.4 Å². The minimum absolute atomic E-state index is 0.00435. The van der Waals surface area contributed by atoms with Crippen LogP contribution in [0, 0.1) is 0 Å². The molecule has 0 fully saturated rings. The monoisotopic (exact) mass is 608 g/mol. The number of hydrogen-bond donors (Lipinski definition) is 0. The van der Waals surface area contributed by atoms with Crippen molar-refractivity contribution < 1.29 is 23.5 Å². The van der Waals surface area contributed by atoms with Crippen molar-refractivity contribution >= 4 is 52.6 Å². The Balaban J connectivity index is 1.61. The molecule has 0 spiro atoms. The summed E-state index contributed by atoms with van der Waals surface area (Å²) in [6.45, 7) is 6.58. The number of benzene rings is 2. The van der Waals surface area contributed by atoms with Crippen molar-refractivity contribution in [2.45, 2.75) is 19.9 Å². The number of rotatable bonds is 7. The van der Waals surface area contributed by atoms with Gasteiger partial charge in [-0.25, -0.2) is 9.79 Å². The number of hydrogen-bond acceptors (Lipinski definition) is 8. The largest absolute Gasteiger partial charge is 0.458 e. The van der Waals surface area contributed by atoms with Crippen molar-refractivity contribution in [3.8, 4) is 17.1 Å². The third-order valence-electron chi connectivity index (χ3n) is 6.13. The average Bonchev–Trinajstić information content (AvgIpc) is 3.52. The zero-order chi connectivity index (χ0) is 29.3. The van der Waals surface area contributed by atoms with Crippen LogP contribution in [0.3, 0.4) is 0 Å². The van der Waals surface area contributed by atoms with Gasteiger partial charge < -0.3 is 13.9 Å². The predicted molar refractivity (Wildman–Crippen MR) is 157 cm³/mol. The molecular formula is C30H22Cl2N2O6S. The number of carbonyl (C=O) groups is 2. The fourth-order valence-corrected chi connectivity index (χ4v) is 5.79. The predicted octanol–water partition coefficient (Wildman–Crippen LogP) is 5.46. The van der Waals surface area contributed by atoms with E-state index >= 15 is 0 Å². The van der Waals surface area contributed by atoms with Gasteiger partial charge in [-0.2, -0.15) is 0 Å². The Labute approximate surface area is 248 Å². The Kier molecular flexibility index (Phi) is 8.12. The summed E-state index contributed by atoms with van der Waals surface area (Å²) in [4.78, 5) is 43.3. The normalized spacial score (nSPS) is 14.8. The van der Waals surface area contributed by atoms with Crippen LogP contribution in [0.2, 0.25) is 10.0 Å². The smallest absolute Gasteiger partial charge is 0.338 e. The molecule has 0 bridgehead atoms. The second-order valence-electron chi connectivity index (χ2n) is 8.96. The Bertz CT molecular complexity index is 1900. The molecule has 1 aliphatic heterocycles. The second-order valence-corrected chi connectivity index (χ2v) is 10.8. The molecule has 0 unspecified atom stereocenters. The number of esters is 2. The maximum atomic E-state index is 13.8. The molecule has 0 amide bonds. The lowest BCUT2D eigenvalue weighted by Gasteiger charge is -2.24. The van der Waals surface area contributed by atoms with Crippen molar-refractivity contribution in [1.29, 1.82) is 0 Å². The number of allylic oxidation sites excluding steroid dienone is 1. The lowest BCUT2D eigenvalue weighted by Crippen LogP contribution is -2.39. The fraction of sp³-hybridized carbons (Fsp3) is 0.133. The molecule has 8 nitrogen and oxygen atoms in total. The number of carbonyl (C=O) groups excluding carboxylic acids is 2. The summed E-state index contributed by atoms with van der Waals surface area (Å²) in [6.07, 6.45) is 3.07. The molecule has 11 heteroatoms. The summed E-state index contributed by atoms with van der Waals surface area (Å²) >= 11 is 13.6. The zero-order valence-corrected chi connectivity index (χ0v) is 24.2. The molecule has 0 saturated heterocycles. The van der Waals surface area contributed by atoms with Gasteiger partial charge in [-0.3, -0.25) is 14.2 Å².